The van der Waals surface area contributed by atoms with Gasteiger partial charge in [-0.25, -0.2) is 8.42 Å². The van der Waals surface area contributed by atoms with Gasteiger partial charge in [0.05, 0.1) is 5.56 Å². The van der Waals surface area contributed by atoms with Crippen molar-refractivity contribution in [3.8, 4) is 11.3 Å². The highest BCUT2D eigenvalue weighted by Gasteiger charge is 2.15. The van der Waals surface area contributed by atoms with Crippen molar-refractivity contribution in [2.75, 3.05) is 4.72 Å². The summed E-state index contributed by atoms with van der Waals surface area (Å²) in [5.41, 5.74) is 0.499. The summed E-state index contributed by atoms with van der Waals surface area (Å²) >= 11 is 5.32. The Balaban J connectivity index is 0.00000261. The van der Waals surface area contributed by atoms with Crippen LogP contribution in [0.3, 0.4) is 0 Å². The van der Waals surface area contributed by atoms with E-state index in [4.69, 9.17) is 11.6 Å². The molecule has 3 rings (SSSR count). The number of benzene rings is 1. The molecule has 0 bridgehead atoms. The lowest BCUT2D eigenvalue weighted by Gasteiger charge is -2.09. The van der Waals surface area contributed by atoms with E-state index < -0.39 is 20.8 Å². The Labute approximate surface area is 165 Å². The molecule has 0 aliphatic rings. The summed E-state index contributed by atoms with van der Waals surface area (Å²) in [6.45, 7) is 0. The molecule has 0 atom stereocenters. The molecule has 0 saturated heterocycles. The van der Waals surface area contributed by atoms with Gasteiger partial charge in [-0.1, -0.05) is 12.1 Å². The number of nitrogens with one attached hydrogen (secondary N) is 2. The Morgan fingerprint density at radius 2 is 1.89 bits per heavy atom. The molecule has 2 heterocycles. The predicted octanol–water partition coefficient (Wildman–Crippen LogP) is 3.04. The minimum absolute atomic E-state index is 0. The molecule has 2 aromatic heterocycles. The average Bonchev–Trinajstić information content (AvgIpc) is 2.62. The molecule has 1 aromatic carbocycles. The third-order valence-electron chi connectivity index (χ3n) is 3.49. The lowest BCUT2D eigenvalue weighted by molar-refractivity contribution is 0.108. The van der Waals surface area contributed by atoms with Crippen molar-refractivity contribution in [3.05, 3.63) is 76.8 Å². The second-order valence-electron chi connectivity index (χ2n) is 5.26. The summed E-state index contributed by atoms with van der Waals surface area (Å²) in [5.74, 6) is 0. The highest BCUT2D eigenvalue weighted by atomic mass is 35.5. The first kappa shape index (κ1) is 20.6. The maximum absolute atomic E-state index is 12.4. The summed E-state index contributed by atoms with van der Waals surface area (Å²) in [4.78, 5) is 29.4. The largest absolute Gasteiger partial charge is 0.321 e. The number of carbonyl (C=O) groups is 1. The van der Waals surface area contributed by atoms with E-state index in [1.807, 2.05) is 0 Å². The van der Waals surface area contributed by atoms with Crippen LogP contribution in [-0.2, 0) is 10.0 Å². The van der Waals surface area contributed by atoms with E-state index in [-0.39, 0.29) is 22.9 Å². The minimum Gasteiger partial charge on any atom is -0.321 e. The number of carbonyl (C=O) groups excluding carboxylic acids is 1. The molecule has 0 amide bonds. The van der Waals surface area contributed by atoms with Gasteiger partial charge in [0.1, 0.15) is 4.90 Å². The van der Waals surface area contributed by atoms with Crippen molar-refractivity contribution in [2.45, 2.75) is 4.90 Å². The van der Waals surface area contributed by atoms with E-state index in [2.05, 4.69) is 14.7 Å². The van der Waals surface area contributed by atoms with Gasteiger partial charge in [-0.2, -0.15) is 0 Å². The van der Waals surface area contributed by atoms with E-state index in [1.54, 1.807) is 24.3 Å². The molecule has 3 aromatic rings. The lowest BCUT2D eigenvalue weighted by Crippen LogP contribution is -2.15. The van der Waals surface area contributed by atoms with Gasteiger partial charge >= 0.3 is 0 Å². The number of H-pyrrole nitrogens is 1. The fourth-order valence-corrected chi connectivity index (χ4v) is 3.43. The van der Waals surface area contributed by atoms with Crippen molar-refractivity contribution < 1.29 is 13.2 Å². The Morgan fingerprint density at radius 1 is 1.11 bits per heavy atom. The van der Waals surface area contributed by atoms with E-state index in [1.165, 1.54) is 36.7 Å². The quantitative estimate of drug-likeness (QED) is 0.610. The number of rotatable bonds is 5. The lowest BCUT2D eigenvalue weighted by atomic mass is 10.1. The molecular formula is C17H13Cl2N3O4S. The average molecular weight is 426 g/mol. The van der Waals surface area contributed by atoms with Crippen molar-refractivity contribution in [1.29, 1.82) is 0 Å². The normalized spacial score (nSPS) is 10.7. The number of nitrogens with zero attached hydrogens (tertiary/aromatic N) is 1. The third kappa shape index (κ3) is 4.73. The SMILES string of the molecule is Cl.O=C(Cl)c1ccc(-c2cccc(NS(=O)(=O)c3cccnc3)c2)[nH]c1=O. The summed E-state index contributed by atoms with van der Waals surface area (Å²) < 4.78 is 27.2. The second kappa shape index (κ2) is 8.34. The van der Waals surface area contributed by atoms with Crippen LogP contribution in [0.1, 0.15) is 10.4 Å². The standard InChI is InChI=1S/C17H12ClN3O4S.ClH/c18-16(22)14-6-7-15(20-17(14)23)11-3-1-4-12(9-11)21-26(24,25)13-5-2-8-19-10-13;/h1-10,21H,(H,20,23);1H. The maximum Gasteiger partial charge on any atom is 0.263 e. The van der Waals surface area contributed by atoms with Crippen molar-refractivity contribution >= 4 is 45.0 Å². The molecule has 27 heavy (non-hydrogen) atoms. The first-order valence-electron chi connectivity index (χ1n) is 7.33. The molecule has 10 heteroatoms. The summed E-state index contributed by atoms with van der Waals surface area (Å²) in [7, 11) is -3.78. The van der Waals surface area contributed by atoms with Gasteiger partial charge in [-0.05, 0) is 48.0 Å². The fourth-order valence-electron chi connectivity index (χ4n) is 2.27. The van der Waals surface area contributed by atoms with Crippen molar-refractivity contribution in [3.63, 3.8) is 0 Å². The molecule has 0 unspecified atom stereocenters. The maximum atomic E-state index is 12.4. The molecule has 2 N–H and O–H groups in total. The second-order valence-corrected chi connectivity index (χ2v) is 7.29. The molecule has 140 valence electrons. The number of hydrogen-bond acceptors (Lipinski definition) is 5. The van der Waals surface area contributed by atoms with Crippen LogP contribution >= 0.6 is 24.0 Å². The smallest absolute Gasteiger partial charge is 0.263 e. The van der Waals surface area contributed by atoms with E-state index in [0.29, 0.717) is 16.9 Å². The Kier molecular flexibility index (Phi) is 6.37. The van der Waals surface area contributed by atoms with Crippen LogP contribution in [0.4, 0.5) is 5.69 Å². The van der Waals surface area contributed by atoms with Crippen molar-refractivity contribution in [1.82, 2.24) is 9.97 Å². The number of aromatic nitrogens is 2. The van der Waals surface area contributed by atoms with E-state index in [9.17, 15) is 18.0 Å². The van der Waals surface area contributed by atoms with Crippen molar-refractivity contribution in [2.24, 2.45) is 0 Å². The summed E-state index contributed by atoms with van der Waals surface area (Å²) in [6.07, 6.45) is 2.72. The molecule has 0 aliphatic heterocycles. The highest BCUT2D eigenvalue weighted by Crippen LogP contribution is 2.22. The topological polar surface area (TPSA) is 109 Å². The molecule has 0 aliphatic carbocycles. The molecule has 0 radical (unpaired) electrons. The highest BCUT2D eigenvalue weighted by molar-refractivity contribution is 7.92. The number of anilines is 1. The van der Waals surface area contributed by atoms with Crippen LogP contribution < -0.4 is 10.3 Å². The first-order chi connectivity index (χ1) is 12.4. The van der Waals surface area contributed by atoms with Crippen LogP contribution in [0.25, 0.3) is 11.3 Å². The number of aromatic amines is 1. The van der Waals surface area contributed by atoms with Gasteiger partial charge < -0.3 is 4.98 Å². The zero-order valence-electron chi connectivity index (χ0n) is 13.5. The van der Waals surface area contributed by atoms with Gasteiger partial charge in [-0.15, -0.1) is 12.4 Å². The van der Waals surface area contributed by atoms with Gasteiger partial charge in [0, 0.05) is 29.3 Å². The van der Waals surface area contributed by atoms with Crippen LogP contribution in [0.2, 0.25) is 0 Å². The Hall–Kier alpha value is -2.68. The van der Waals surface area contributed by atoms with Gasteiger partial charge in [0.15, 0.2) is 0 Å². The Bertz CT molecular complexity index is 1130. The van der Waals surface area contributed by atoms with Gasteiger partial charge in [0.2, 0.25) is 0 Å². The van der Waals surface area contributed by atoms with Crippen LogP contribution in [0, 0.1) is 0 Å². The number of pyridine rings is 2. The number of halogens is 2. The van der Waals surface area contributed by atoms with Crippen LogP contribution in [-0.4, -0.2) is 23.6 Å². The zero-order chi connectivity index (χ0) is 18.7. The van der Waals surface area contributed by atoms with Crippen LogP contribution in [0.15, 0.2) is 70.6 Å². The van der Waals surface area contributed by atoms with Gasteiger partial charge in [-0.3, -0.25) is 19.3 Å². The minimum atomic E-state index is -3.78. The van der Waals surface area contributed by atoms with E-state index >= 15 is 0 Å². The van der Waals surface area contributed by atoms with E-state index in [0.717, 1.165) is 0 Å². The Morgan fingerprint density at radius 3 is 2.52 bits per heavy atom. The summed E-state index contributed by atoms with van der Waals surface area (Å²) in [6, 6.07) is 12.2. The molecule has 7 nitrogen and oxygen atoms in total. The van der Waals surface area contributed by atoms with Gasteiger partial charge in [0.25, 0.3) is 20.8 Å². The monoisotopic (exact) mass is 425 g/mol. The fraction of sp³-hybridized carbons (Fsp3) is 0. The first-order valence-corrected chi connectivity index (χ1v) is 9.19. The van der Waals surface area contributed by atoms with Crippen LogP contribution in [0.5, 0.6) is 0 Å². The predicted molar refractivity (Wildman–Crippen MR) is 105 cm³/mol. The zero-order valence-corrected chi connectivity index (χ0v) is 15.9. The molecule has 0 fully saturated rings. The molecule has 0 spiro atoms. The molecular weight excluding hydrogens is 413 g/mol. The third-order valence-corrected chi connectivity index (χ3v) is 5.06. The molecule has 0 saturated carbocycles. The number of sulfonamides is 1. The number of hydrogen-bond donors (Lipinski definition) is 2. The summed E-state index contributed by atoms with van der Waals surface area (Å²) in [5, 5.41) is -0.851.